The van der Waals surface area contributed by atoms with Crippen molar-refractivity contribution in [1.29, 1.82) is 0 Å². The molecule has 0 unspecified atom stereocenters. The Morgan fingerprint density at radius 2 is 1.92 bits per heavy atom. The molecule has 1 atom stereocenters. The third-order valence-electron chi connectivity index (χ3n) is 3.86. The van der Waals surface area contributed by atoms with E-state index in [9.17, 15) is 9.59 Å². The molecule has 0 bridgehead atoms. The van der Waals surface area contributed by atoms with E-state index < -0.39 is 6.04 Å². The maximum absolute atomic E-state index is 13.1. The first kappa shape index (κ1) is 16.5. The summed E-state index contributed by atoms with van der Waals surface area (Å²) in [5.41, 5.74) is 1.20. The van der Waals surface area contributed by atoms with E-state index in [2.05, 4.69) is 15.9 Å². The van der Waals surface area contributed by atoms with E-state index in [1.807, 2.05) is 36.4 Å². The minimum atomic E-state index is -0.413. The zero-order chi connectivity index (χ0) is 17.1. The van der Waals surface area contributed by atoms with Crippen molar-refractivity contribution in [3.63, 3.8) is 0 Å². The van der Waals surface area contributed by atoms with Crippen LogP contribution in [0.1, 0.15) is 16.8 Å². The average Bonchev–Trinajstić information content (AvgIpc) is 2.61. The van der Waals surface area contributed by atoms with Crippen molar-refractivity contribution in [3.05, 3.63) is 58.6 Å². The zero-order valence-electron chi connectivity index (χ0n) is 13.1. The number of esters is 1. The van der Waals surface area contributed by atoms with Gasteiger partial charge in [-0.05, 0) is 36.4 Å². The van der Waals surface area contributed by atoms with E-state index in [-0.39, 0.29) is 24.9 Å². The number of anilines is 1. The summed E-state index contributed by atoms with van der Waals surface area (Å²) >= 11 is 3.36. The van der Waals surface area contributed by atoms with Crippen molar-refractivity contribution in [1.82, 2.24) is 0 Å². The third-order valence-corrected chi connectivity index (χ3v) is 4.39. The summed E-state index contributed by atoms with van der Waals surface area (Å²) in [4.78, 5) is 26.4. The fraction of sp³-hybridized carbons (Fsp3) is 0.222. The molecule has 1 aliphatic rings. The monoisotopic (exact) mass is 389 g/mol. The summed E-state index contributed by atoms with van der Waals surface area (Å²) in [5, 5.41) is 0. The number of halogens is 1. The molecule has 2 aromatic rings. The number of nitrogens with zero attached hydrogens (tertiary/aromatic N) is 1. The van der Waals surface area contributed by atoms with Gasteiger partial charge in [0.2, 0.25) is 0 Å². The van der Waals surface area contributed by atoms with Crippen molar-refractivity contribution in [2.45, 2.75) is 12.5 Å². The summed E-state index contributed by atoms with van der Waals surface area (Å²) in [6, 6.07) is 14.0. The van der Waals surface area contributed by atoms with Gasteiger partial charge in [-0.3, -0.25) is 14.5 Å². The highest BCUT2D eigenvalue weighted by Gasteiger charge is 2.34. The standard InChI is InChI=1S/C18H16BrNO4/c1-23-17(21)10-14-11-24-16-5-3-2-4-15(16)20(14)18(22)12-6-8-13(19)9-7-12/h2-9,14H,10-11H2,1H3/t14-/m1/s1. The van der Waals surface area contributed by atoms with E-state index in [0.717, 1.165) is 4.47 Å². The van der Waals surface area contributed by atoms with Crippen LogP contribution in [0.2, 0.25) is 0 Å². The molecule has 0 aromatic heterocycles. The van der Waals surface area contributed by atoms with E-state index in [1.165, 1.54) is 7.11 Å². The van der Waals surface area contributed by atoms with Crippen molar-refractivity contribution < 1.29 is 19.1 Å². The van der Waals surface area contributed by atoms with Gasteiger partial charge in [-0.15, -0.1) is 0 Å². The Morgan fingerprint density at radius 3 is 2.62 bits per heavy atom. The van der Waals surface area contributed by atoms with Gasteiger partial charge in [0, 0.05) is 10.0 Å². The molecule has 5 nitrogen and oxygen atoms in total. The van der Waals surface area contributed by atoms with Gasteiger partial charge in [-0.2, -0.15) is 0 Å². The Labute approximate surface area is 148 Å². The zero-order valence-corrected chi connectivity index (χ0v) is 14.7. The average molecular weight is 390 g/mol. The lowest BCUT2D eigenvalue weighted by Gasteiger charge is -2.36. The highest BCUT2D eigenvalue weighted by Crippen LogP contribution is 2.35. The Hall–Kier alpha value is -2.34. The molecule has 1 heterocycles. The summed E-state index contributed by atoms with van der Waals surface area (Å²) in [5.74, 6) is 0.0767. The minimum absolute atomic E-state index is 0.0765. The topological polar surface area (TPSA) is 55.8 Å². The number of rotatable bonds is 3. The maximum Gasteiger partial charge on any atom is 0.307 e. The lowest BCUT2D eigenvalue weighted by atomic mass is 10.1. The molecule has 2 aromatic carbocycles. The van der Waals surface area contributed by atoms with Crippen molar-refractivity contribution in [2.24, 2.45) is 0 Å². The van der Waals surface area contributed by atoms with Crippen molar-refractivity contribution in [3.8, 4) is 5.75 Å². The normalized spacial score (nSPS) is 16.1. The predicted octanol–water partition coefficient (Wildman–Crippen LogP) is 3.42. The largest absolute Gasteiger partial charge is 0.489 e. The lowest BCUT2D eigenvalue weighted by Crippen LogP contribution is -2.48. The summed E-state index contributed by atoms with van der Waals surface area (Å²) in [7, 11) is 1.33. The molecule has 124 valence electrons. The van der Waals surface area contributed by atoms with Gasteiger partial charge in [-0.25, -0.2) is 0 Å². The molecule has 0 fully saturated rings. The number of methoxy groups -OCH3 is 1. The molecule has 3 rings (SSSR count). The Balaban J connectivity index is 1.99. The Kier molecular flexibility index (Phi) is 4.85. The van der Waals surface area contributed by atoms with Crippen LogP contribution >= 0.6 is 15.9 Å². The number of ether oxygens (including phenoxy) is 2. The Morgan fingerprint density at radius 1 is 1.21 bits per heavy atom. The van der Waals surface area contributed by atoms with Crippen molar-refractivity contribution >= 4 is 33.5 Å². The number of hydrogen-bond acceptors (Lipinski definition) is 4. The van der Waals surface area contributed by atoms with Gasteiger partial charge in [-0.1, -0.05) is 28.1 Å². The molecule has 0 spiro atoms. The summed E-state index contributed by atoms with van der Waals surface area (Å²) in [6.07, 6.45) is 0.0765. The number of carbonyl (C=O) groups is 2. The van der Waals surface area contributed by atoms with Crippen LogP contribution in [0, 0.1) is 0 Å². The number of amides is 1. The molecule has 6 heteroatoms. The van der Waals surface area contributed by atoms with E-state index in [4.69, 9.17) is 9.47 Å². The second-order valence-electron chi connectivity index (χ2n) is 5.39. The first-order valence-electron chi connectivity index (χ1n) is 7.48. The number of hydrogen-bond donors (Lipinski definition) is 0. The van der Waals surface area contributed by atoms with Crippen molar-refractivity contribution in [2.75, 3.05) is 18.6 Å². The highest BCUT2D eigenvalue weighted by molar-refractivity contribution is 9.10. The van der Waals surface area contributed by atoms with Gasteiger partial charge in [0.1, 0.15) is 12.4 Å². The van der Waals surface area contributed by atoms with Crippen LogP contribution < -0.4 is 9.64 Å². The number of fused-ring (bicyclic) bond motifs is 1. The fourth-order valence-corrected chi connectivity index (χ4v) is 2.93. The SMILES string of the molecule is COC(=O)C[C@@H]1COc2ccccc2N1C(=O)c1ccc(Br)cc1. The van der Waals surface area contributed by atoms with Gasteiger partial charge >= 0.3 is 5.97 Å². The van der Waals surface area contributed by atoms with E-state index in [1.54, 1.807) is 17.0 Å². The van der Waals surface area contributed by atoms with Crippen LogP contribution in [-0.2, 0) is 9.53 Å². The van der Waals surface area contributed by atoms with Crippen LogP contribution in [0.4, 0.5) is 5.69 Å². The summed E-state index contributed by atoms with van der Waals surface area (Å²) in [6.45, 7) is 0.244. The Bertz CT molecular complexity index is 760. The molecule has 0 saturated heterocycles. The third kappa shape index (κ3) is 3.28. The maximum atomic E-state index is 13.1. The van der Waals surface area contributed by atoms with Crippen LogP contribution in [0.25, 0.3) is 0 Å². The van der Waals surface area contributed by atoms with E-state index in [0.29, 0.717) is 17.0 Å². The van der Waals surface area contributed by atoms with Gasteiger partial charge in [0.15, 0.2) is 0 Å². The number of para-hydroxylation sites is 2. The van der Waals surface area contributed by atoms with Gasteiger partial charge in [0.05, 0.1) is 25.3 Å². The molecule has 0 saturated carbocycles. The highest BCUT2D eigenvalue weighted by atomic mass is 79.9. The van der Waals surface area contributed by atoms with Gasteiger partial charge < -0.3 is 9.47 Å². The van der Waals surface area contributed by atoms with Gasteiger partial charge in [0.25, 0.3) is 5.91 Å². The molecular formula is C18H16BrNO4. The smallest absolute Gasteiger partial charge is 0.307 e. The quantitative estimate of drug-likeness (QED) is 0.754. The molecule has 24 heavy (non-hydrogen) atoms. The van der Waals surface area contributed by atoms with E-state index >= 15 is 0 Å². The minimum Gasteiger partial charge on any atom is -0.489 e. The molecule has 0 radical (unpaired) electrons. The second kappa shape index (κ2) is 7.05. The molecule has 1 amide bonds. The molecule has 0 N–H and O–H groups in total. The summed E-state index contributed by atoms with van der Waals surface area (Å²) < 4.78 is 11.4. The molecule has 0 aliphatic carbocycles. The molecular weight excluding hydrogens is 374 g/mol. The van der Waals surface area contributed by atoms with Crippen LogP contribution in [0.15, 0.2) is 53.0 Å². The molecule has 1 aliphatic heterocycles. The first-order valence-corrected chi connectivity index (χ1v) is 8.27. The van der Waals surface area contributed by atoms with Crippen LogP contribution in [0.3, 0.4) is 0 Å². The lowest BCUT2D eigenvalue weighted by molar-refractivity contribution is -0.141. The number of carbonyl (C=O) groups excluding carboxylic acids is 2. The van der Waals surface area contributed by atoms with Crippen LogP contribution in [0.5, 0.6) is 5.75 Å². The fourth-order valence-electron chi connectivity index (χ4n) is 2.67. The first-order chi connectivity index (χ1) is 11.6. The predicted molar refractivity (Wildman–Crippen MR) is 93.3 cm³/mol. The second-order valence-corrected chi connectivity index (χ2v) is 6.31. The number of benzene rings is 2. The van der Waals surface area contributed by atoms with Crippen LogP contribution in [-0.4, -0.2) is 31.6 Å².